The molecule has 2 aromatic carbocycles. The average molecular weight is 412 g/mol. The van der Waals surface area contributed by atoms with E-state index in [0.29, 0.717) is 6.61 Å². The van der Waals surface area contributed by atoms with Crippen molar-refractivity contribution >= 4 is 22.8 Å². The number of thioether (sulfide) groups is 1. The largest absolute Gasteiger partial charge is 0.396 e. The average Bonchev–Trinajstić information content (AvgIpc) is 3.18. The van der Waals surface area contributed by atoms with E-state index >= 15 is 0 Å². The highest BCUT2D eigenvalue weighted by Gasteiger charge is 2.30. The summed E-state index contributed by atoms with van der Waals surface area (Å²) in [4.78, 5) is 11.9. The molecule has 1 aliphatic heterocycles. The van der Waals surface area contributed by atoms with Gasteiger partial charge in [0, 0.05) is 23.8 Å². The van der Waals surface area contributed by atoms with Crippen molar-refractivity contribution in [2.24, 2.45) is 0 Å². The zero-order valence-corrected chi connectivity index (χ0v) is 17.7. The molecule has 6 heteroatoms. The molecule has 2 unspecified atom stereocenters. The van der Waals surface area contributed by atoms with E-state index in [1.54, 1.807) is 11.8 Å². The van der Waals surface area contributed by atoms with Gasteiger partial charge in [-0.1, -0.05) is 24.3 Å². The minimum Gasteiger partial charge on any atom is -0.396 e. The van der Waals surface area contributed by atoms with E-state index in [9.17, 15) is 0 Å². The number of H-pyrrole nitrogens is 1. The van der Waals surface area contributed by atoms with Crippen molar-refractivity contribution in [3.05, 3.63) is 59.9 Å². The SMILES string of the molecule is CN1CCC(OCc2cccc(SCCCO)c2)CC1c1nc2ccccc2[nH]1. The van der Waals surface area contributed by atoms with Gasteiger partial charge in [0.2, 0.25) is 0 Å². The third-order valence-corrected chi connectivity index (χ3v) is 6.58. The number of piperidine rings is 1. The topological polar surface area (TPSA) is 61.4 Å². The summed E-state index contributed by atoms with van der Waals surface area (Å²) in [6.07, 6.45) is 3.04. The van der Waals surface area contributed by atoms with Crippen molar-refractivity contribution in [2.75, 3.05) is 26.0 Å². The maximum atomic E-state index is 8.95. The second-order valence-corrected chi connectivity index (χ2v) is 8.83. The van der Waals surface area contributed by atoms with Crippen molar-refractivity contribution in [3.8, 4) is 0 Å². The zero-order valence-electron chi connectivity index (χ0n) is 16.9. The summed E-state index contributed by atoms with van der Waals surface area (Å²) >= 11 is 1.79. The van der Waals surface area contributed by atoms with Crippen molar-refractivity contribution < 1.29 is 9.84 Å². The van der Waals surface area contributed by atoms with Crippen molar-refractivity contribution in [1.29, 1.82) is 0 Å². The Bertz CT molecular complexity index is 896. The van der Waals surface area contributed by atoms with Crippen LogP contribution in [0.15, 0.2) is 53.4 Å². The quantitative estimate of drug-likeness (QED) is 0.425. The highest BCUT2D eigenvalue weighted by Crippen LogP contribution is 2.31. The normalized spacial score (nSPS) is 20.3. The molecule has 1 saturated heterocycles. The Morgan fingerprint density at radius 1 is 1.24 bits per heavy atom. The third-order valence-electron chi connectivity index (χ3n) is 5.50. The number of benzene rings is 2. The zero-order chi connectivity index (χ0) is 20.1. The standard InChI is InChI=1S/C23H29N3O2S/c1-26-11-10-18(15-22(26)23-24-20-8-2-3-9-21(20)25-23)28-16-17-6-4-7-19(14-17)29-13-5-12-27/h2-4,6-9,14,18,22,27H,5,10-13,15-16H2,1H3,(H,24,25). The van der Waals surface area contributed by atoms with Crippen molar-refractivity contribution in [3.63, 3.8) is 0 Å². The van der Waals surface area contributed by atoms with Crippen molar-refractivity contribution in [1.82, 2.24) is 14.9 Å². The number of aromatic nitrogens is 2. The van der Waals surface area contributed by atoms with Gasteiger partial charge in [0.05, 0.1) is 29.8 Å². The van der Waals surface area contributed by atoms with E-state index in [1.165, 1.54) is 10.5 Å². The monoisotopic (exact) mass is 411 g/mol. The van der Waals surface area contributed by atoms with Crippen LogP contribution < -0.4 is 0 Å². The lowest BCUT2D eigenvalue weighted by Gasteiger charge is -2.35. The number of nitrogens with zero attached hydrogens (tertiary/aromatic N) is 2. The van der Waals surface area contributed by atoms with Gasteiger partial charge in [0.25, 0.3) is 0 Å². The van der Waals surface area contributed by atoms with E-state index in [2.05, 4.69) is 53.3 Å². The smallest absolute Gasteiger partial charge is 0.124 e. The van der Waals surface area contributed by atoms with Gasteiger partial charge >= 0.3 is 0 Å². The molecule has 1 aromatic heterocycles. The molecule has 2 atom stereocenters. The van der Waals surface area contributed by atoms with Gasteiger partial charge in [-0.25, -0.2) is 4.98 Å². The lowest BCUT2D eigenvalue weighted by molar-refractivity contribution is -0.0197. The molecule has 0 saturated carbocycles. The molecule has 0 spiro atoms. The van der Waals surface area contributed by atoms with E-state index in [-0.39, 0.29) is 18.8 Å². The van der Waals surface area contributed by atoms with Crippen LogP contribution in [0, 0.1) is 0 Å². The number of ether oxygens (including phenoxy) is 1. The lowest BCUT2D eigenvalue weighted by Crippen LogP contribution is -2.37. The molecule has 0 bridgehead atoms. The Morgan fingerprint density at radius 3 is 3.00 bits per heavy atom. The summed E-state index contributed by atoms with van der Waals surface area (Å²) in [6, 6.07) is 17.0. The molecule has 2 heterocycles. The minimum absolute atomic E-state index is 0.232. The second kappa shape index (κ2) is 9.76. The molecule has 0 radical (unpaired) electrons. The second-order valence-electron chi connectivity index (χ2n) is 7.67. The van der Waals surface area contributed by atoms with Crippen LogP contribution in [0.5, 0.6) is 0 Å². The van der Waals surface area contributed by atoms with Crippen LogP contribution >= 0.6 is 11.8 Å². The van der Waals surface area contributed by atoms with Crippen LogP contribution in [0.2, 0.25) is 0 Å². The van der Waals surface area contributed by atoms with E-state index in [1.807, 2.05) is 12.1 Å². The summed E-state index contributed by atoms with van der Waals surface area (Å²) in [7, 11) is 2.17. The number of hydrogen-bond acceptors (Lipinski definition) is 5. The highest BCUT2D eigenvalue weighted by molar-refractivity contribution is 7.99. The molecule has 2 N–H and O–H groups in total. The van der Waals surface area contributed by atoms with Crippen LogP contribution in [0.1, 0.15) is 36.7 Å². The summed E-state index contributed by atoms with van der Waals surface area (Å²) in [5, 5.41) is 8.95. The molecule has 0 aliphatic carbocycles. The lowest BCUT2D eigenvalue weighted by atomic mass is 9.99. The predicted octanol–water partition coefficient (Wildman–Crippen LogP) is 4.39. The summed E-state index contributed by atoms with van der Waals surface area (Å²) < 4.78 is 6.31. The number of hydrogen-bond donors (Lipinski definition) is 2. The van der Waals surface area contributed by atoms with E-state index in [4.69, 9.17) is 14.8 Å². The fourth-order valence-corrected chi connectivity index (χ4v) is 4.76. The Hall–Kier alpha value is -1.86. The number of nitrogens with one attached hydrogen (secondary N) is 1. The Balaban J connectivity index is 1.37. The number of aliphatic hydroxyl groups excluding tert-OH is 1. The first-order valence-corrected chi connectivity index (χ1v) is 11.3. The number of imidazole rings is 1. The maximum Gasteiger partial charge on any atom is 0.124 e. The fraction of sp³-hybridized carbons (Fsp3) is 0.435. The van der Waals surface area contributed by atoms with Crippen molar-refractivity contribution in [2.45, 2.75) is 42.9 Å². The molecular formula is C23H29N3O2S. The Labute approximate surface area is 176 Å². The highest BCUT2D eigenvalue weighted by atomic mass is 32.2. The first kappa shape index (κ1) is 20.4. The van der Waals surface area contributed by atoms with Crippen LogP contribution in [-0.2, 0) is 11.3 Å². The van der Waals surface area contributed by atoms with Crippen LogP contribution in [0.25, 0.3) is 11.0 Å². The van der Waals surface area contributed by atoms with Gasteiger partial charge in [0.1, 0.15) is 5.82 Å². The molecule has 4 rings (SSSR count). The van der Waals surface area contributed by atoms with Gasteiger partial charge < -0.3 is 14.8 Å². The van der Waals surface area contributed by atoms with E-state index < -0.39 is 0 Å². The first-order chi connectivity index (χ1) is 14.2. The number of likely N-dealkylation sites (tertiary alicyclic amines) is 1. The van der Waals surface area contributed by atoms with Gasteiger partial charge in [-0.2, -0.15) is 0 Å². The van der Waals surface area contributed by atoms with Gasteiger partial charge in [-0.05, 0) is 56.1 Å². The molecule has 3 aromatic rings. The Kier molecular flexibility index (Phi) is 6.87. The van der Waals surface area contributed by atoms with Gasteiger partial charge in [-0.3, -0.25) is 4.90 Å². The molecule has 0 amide bonds. The van der Waals surface area contributed by atoms with Gasteiger partial charge in [-0.15, -0.1) is 11.8 Å². The molecule has 29 heavy (non-hydrogen) atoms. The molecule has 1 aliphatic rings. The van der Waals surface area contributed by atoms with Gasteiger partial charge in [0.15, 0.2) is 0 Å². The molecular weight excluding hydrogens is 382 g/mol. The summed E-state index contributed by atoms with van der Waals surface area (Å²) in [6.45, 7) is 1.89. The first-order valence-electron chi connectivity index (χ1n) is 10.3. The van der Waals surface area contributed by atoms with Crippen LogP contribution in [0.3, 0.4) is 0 Å². The summed E-state index contributed by atoms with van der Waals surface area (Å²) in [5.41, 5.74) is 3.32. The minimum atomic E-state index is 0.232. The van der Waals surface area contributed by atoms with Crippen LogP contribution in [-0.4, -0.2) is 52.0 Å². The number of aromatic amines is 1. The van der Waals surface area contributed by atoms with E-state index in [0.717, 1.165) is 48.4 Å². The van der Waals surface area contributed by atoms with Crippen LogP contribution in [0.4, 0.5) is 0 Å². The number of aliphatic hydroxyl groups is 1. The molecule has 154 valence electrons. The number of fused-ring (bicyclic) bond motifs is 1. The molecule has 1 fully saturated rings. The molecule has 5 nitrogen and oxygen atoms in total. The summed E-state index contributed by atoms with van der Waals surface area (Å²) in [5.74, 6) is 1.97. The fourth-order valence-electron chi connectivity index (χ4n) is 3.85. The maximum absolute atomic E-state index is 8.95. The third kappa shape index (κ3) is 5.20. The Morgan fingerprint density at radius 2 is 2.14 bits per heavy atom. The number of rotatable bonds is 8. The predicted molar refractivity (Wildman–Crippen MR) is 118 cm³/mol. The number of para-hydroxylation sites is 2.